The fourth-order valence-corrected chi connectivity index (χ4v) is 9.61. The normalized spacial score (nSPS) is 14.0. The van der Waals surface area contributed by atoms with Gasteiger partial charge in [0.2, 0.25) is 0 Å². The molecule has 0 radical (unpaired) electrons. The largest absolute Gasteiger partial charge is 0.307 e. The zero-order valence-electron chi connectivity index (χ0n) is 29.4. The van der Waals surface area contributed by atoms with Crippen molar-refractivity contribution in [3.05, 3.63) is 145 Å². The van der Waals surface area contributed by atoms with E-state index in [-0.39, 0.29) is 10.8 Å². The highest BCUT2D eigenvalue weighted by atomic mass is 32.2. The van der Waals surface area contributed by atoms with Gasteiger partial charge in [-0.2, -0.15) is 0 Å². The van der Waals surface area contributed by atoms with Gasteiger partial charge in [0.05, 0.1) is 34.1 Å². The Morgan fingerprint density at radius 2 is 0.660 bits per heavy atom. The molecule has 0 aromatic heterocycles. The number of hydrogen-bond donors (Lipinski definition) is 0. The molecule has 0 spiro atoms. The predicted octanol–water partition coefficient (Wildman–Crippen LogP) is 14.5. The number of hydrogen-bond acceptors (Lipinski definition) is 4. The minimum Gasteiger partial charge on any atom is -0.307 e. The molecule has 0 N–H and O–H groups in total. The lowest BCUT2D eigenvalue weighted by Crippen LogP contribution is -2.19. The molecule has 2 heterocycles. The van der Waals surface area contributed by atoms with Gasteiger partial charge in [0.25, 0.3) is 0 Å². The molecule has 7 aromatic rings. The van der Waals surface area contributed by atoms with E-state index in [0.717, 1.165) is 0 Å². The van der Waals surface area contributed by atoms with Crippen molar-refractivity contribution in [2.24, 2.45) is 0 Å². The summed E-state index contributed by atoms with van der Waals surface area (Å²) in [5.41, 5.74) is 9.95. The Bertz CT molecular complexity index is 2220. The standard InChI is InChI=1S/C46H40N2S2/c1-45(2,3)29-23-25-31-33(27-29)43(47-35-15-7-11-19-39(35)49-40-20-12-8-16-36(40)47)32-26-24-30(46(4,5)6)28-34(32)44(31)48-37-17-9-13-21-41(37)50-42-22-14-10-18-38(42)48/h7-28H,1-6H3. The van der Waals surface area contributed by atoms with Gasteiger partial charge >= 0.3 is 0 Å². The van der Waals surface area contributed by atoms with Crippen molar-refractivity contribution in [1.29, 1.82) is 0 Å². The van der Waals surface area contributed by atoms with Gasteiger partial charge in [0.1, 0.15) is 0 Å². The van der Waals surface area contributed by atoms with E-state index in [0.29, 0.717) is 0 Å². The zero-order valence-corrected chi connectivity index (χ0v) is 31.0. The van der Waals surface area contributed by atoms with Crippen LogP contribution in [0.15, 0.2) is 153 Å². The van der Waals surface area contributed by atoms with Crippen molar-refractivity contribution in [3.63, 3.8) is 0 Å². The van der Waals surface area contributed by atoms with Gasteiger partial charge in [-0.25, -0.2) is 0 Å². The number of rotatable bonds is 2. The molecule has 0 atom stereocenters. The van der Waals surface area contributed by atoms with Gasteiger partial charge in [-0.3, -0.25) is 0 Å². The molecule has 0 saturated heterocycles. The second-order valence-corrected chi connectivity index (χ2v) is 17.6. The van der Waals surface area contributed by atoms with E-state index in [4.69, 9.17) is 0 Å². The summed E-state index contributed by atoms with van der Waals surface area (Å²) in [6, 6.07) is 50.0. The number of anilines is 6. The molecular formula is C46H40N2S2. The molecule has 0 amide bonds. The van der Waals surface area contributed by atoms with Crippen LogP contribution < -0.4 is 9.80 Å². The molecule has 2 nitrogen and oxygen atoms in total. The summed E-state index contributed by atoms with van der Waals surface area (Å²) in [5, 5.41) is 5.01. The van der Waals surface area contributed by atoms with Crippen LogP contribution in [0.25, 0.3) is 21.5 Å². The summed E-state index contributed by atoms with van der Waals surface area (Å²) in [6.07, 6.45) is 0. The summed E-state index contributed by atoms with van der Waals surface area (Å²) >= 11 is 3.73. The topological polar surface area (TPSA) is 6.48 Å². The van der Waals surface area contributed by atoms with Crippen LogP contribution in [0.3, 0.4) is 0 Å². The Balaban J connectivity index is 1.49. The minimum atomic E-state index is -0.0226. The third kappa shape index (κ3) is 4.95. The van der Waals surface area contributed by atoms with Crippen LogP contribution in [0, 0.1) is 0 Å². The quantitative estimate of drug-likeness (QED) is 0.167. The zero-order chi connectivity index (χ0) is 34.4. The fourth-order valence-electron chi connectivity index (χ4n) is 7.49. The number of benzene rings is 7. The van der Waals surface area contributed by atoms with Crippen LogP contribution in [0.4, 0.5) is 34.1 Å². The van der Waals surface area contributed by atoms with Crippen LogP contribution in [-0.4, -0.2) is 0 Å². The number of nitrogens with zero attached hydrogens (tertiary/aromatic N) is 2. The Hall–Kier alpha value is -4.64. The average molecular weight is 685 g/mol. The minimum absolute atomic E-state index is 0.0226. The van der Waals surface area contributed by atoms with Crippen molar-refractivity contribution in [3.8, 4) is 0 Å². The summed E-state index contributed by atoms with van der Waals surface area (Å²) in [5.74, 6) is 0. The van der Waals surface area contributed by atoms with Crippen LogP contribution in [-0.2, 0) is 10.8 Å². The van der Waals surface area contributed by atoms with E-state index in [9.17, 15) is 0 Å². The highest BCUT2D eigenvalue weighted by Gasteiger charge is 2.33. The first-order chi connectivity index (χ1) is 24.1. The maximum absolute atomic E-state index is 2.55. The van der Waals surface area contributed by atoms with E-state index in [1.54, 1.807) is 0 Å². The maximum Gasteiger partial charge on any atom is 0.0621 e. The second kappa shape index (κ2) is 11.4. The van der Waals surface area contributed by atoms with Gasteiger partial charge < -0.3 is 9.80 Å². The Morgan fingerprint density at radius 1 is 0.360 bits per heavy atom. The van der Waals surface area contributed by atoms with E-state index in [1.807, 2.05) is 23.5 Å². The lowest BCUT2D eigenvalue weighted by atomic mass is 9.82. The molecule has 0 aliphatic carbocycles. The Kier molecular flexibility index (Phi) is 7.18. The fraction of sp³-hybridized carbons (Fsp3) is 0.174. The first-order valence-electron chi connectivity index (χ1n) is 17.4. The van der Waals surface area contributed by atoms with E-state index >= 15 is 0 Å². The van der Waals surface area contributed by atoms with Crippen LogP contribution in [0.5, 0.6) is 0 Å². The summed E-state index contributed by atoms with van der Waals surface area (Å²) in [7, 11) is 0. The van der Waals surface area contributed by atoms with Gasteiger partial charge in [-0.05, 0) is 82.6 Å². The maximum atomic E-state index is 2.55. The van der Waals surface area contributed by atoms with Gasteiger partial charge in [-0.15, -0.1) is 0 Å². The number of fused-ring (bicyclic) bond motifs is 6. The summed E-state index contributed by atoms with van der Waals surface area (Å²) in [4.78, 5) is 10.2. The van der Waals surface area contributed by atoms with Crippen molar-refractivity contribution in [2.45, 2.75) is 72.0 Å². The predicted molar refractivity (Wildman–Crippen MR) is 216 cm³/mol. The first kappa shape index (κ1) is 31.3. The van der Waals surface area contributed by atoms with Crippen molar-refractivity contribution in [1.82, 2.24) is 0 Å². The SMILES string of the molecule is CC(C)(C)c1ccc2c(N3c4ccccc4Sc4ccccc43)c3cc(C(C)(C)C)ccc3c(N3c4ccccc4Sc4ccccc43)c2c1. The average Bonchev–Trinajstić information content (AvgIpc) is 3.11. The van der Waals surface area contributed by atoms with Gasteiger partial charge in [-0.1, -0.05) is 138 Å². The lowest BCUT2D eigenvalue weighted by Gasteiger charge is -2.38. The van der Waals surface area contributed by atoms with Crippen LogP contribution in [0.1, 0.15) is 52.7 Å². The molecular weight excluding hydrogens is 645 g/mol. The smallest absolute Gasteiger partial charge is 0.0621 e. The molecule has 0 saturated carbocycles. The number of para-hydroxylation sites is 4. The van der Waals surface area contributed by atoms with Crippen molar-refractivity contribution < 1.29 is 0 Å². The summed E-state index contributed by atoms with van der Waals surface area (Å²) in [6.45, 7) is 13.9. The van der Waals surface area contributed by atoms with E-state index in [2.05, 4.69) is 185 Å². The molecule has 0 bridgehead atoms. The second-order valence-electron chi connectivity index (χ2n) is 15.5. The van der Waals surface area contributed by atoms with Crippen molar-refractivity contribution in [2.75, 3.05) is 9.80 Å². The molecule has 7 aromatic carbocycles. The monoisotopic (exact) mass is 684 g/mol. The van der Waals surface area contributed by atoms with E-state index < -0.39 is 0 Å². The first-order valence-corrected chi connectivity index (χ1v) is 19.1. The Labute approximate surface area is 304 Å². The highest BCUT2D eigenvalue weighted by Crippen LogP contribution is 2.59. The third-order valence-corrected chi connectivity index (χ3v) is 12.4. The van der Waals surface area contributed by atoms with Gasteiger partial charge in [0, 0.05) is 41.1 Å². The molecule has 246 valence electrons. The highest BCUT2D eigenvalue weighted by molar-refractivity contribution is 8.00. The molecule has 9 rings (SSSR count). The van der Waals surface area contributed by atoms with Crippen LogP contribution in [0.2, 0.25) is 0 Å². The molecule has 0 unspecified atom stereocenters. The molecule has 50 heavy (non-hydrogen) atoms. The molecule has 0 fully saturated rings. The Morgan fingerprint density at radius 3 is 0.960 bits per heavy atom. The lowest BCUT2D eigenvalue weighted by molar-refractivity contribution is 0.590. The summed E-state index contributed by atoms with van der Waals surface area (Å²) < 4.78 is 0. The third-order valence-electron chi connectivity index (χ3n) is 10.1. The van der Waals surface area contributed by atoms with Gasteiger partial charge in [0.15, 0.2) is 0 Å². The molecule has 2 aliphatic heterocycles. The van der Waals surface area contributed by atoms with E-state index in [1.165, 1.54) is 86.4 Å². The molecule has 2 aliphatic rings. The van der Waals surface area contributed by atoms with Crippen molar-refractivity contribution >= 4 is 79.2 Å². The molecule has 4 heteroatoms. The van der Waals surface area contributed by atoms with Crippen LogP contribution >= 0.6 is 23.5 Å².